The number of nitrogens with zero attached hydrogens (tertiary/aromatic N) is 1. The van der Waals surface area contributed by atoms with Gasteiger partial charge in [0.1, 0.15) is 54.1 Å². The van der Waals surface area contributed by atoms with Crippen LogP contribution >= 0.6 is 25.3 Å². The number of carbonyl (C=O) groups excluding carboxylic acids is 9. The SMILES string of the molecule is CC[C@H](NC(=O)[C@H](CCCCN)NC(=O)[C@@H](Cc1c[nH]c2ccccc12)NC(=O)[C@H](Cc1ccc(O)cc1)NC(=O)[C@H](CS)NC(=O)[C@@H](Cc1ccccc1)NC(=O)CN1CCc2cccc3c2C1Cc1ccc(OC)c(O)c1-3)C(=O)N[C@@H](CS)C(=O)N[C@H](C(N)=O)[C@@H](C)O. The Morgan fingerprint density at radius 3 is 1.81 bits per heavy atom. The van der Waals surface area contributed by atoms with Crippen molar-refractivity contribution in [2.75, 3.05) is 38.2 Å². The molecule has 506 valence electrons. The molecule has 9 amide bonds. The van der Waals surface area contributed by atoms with E-state index >= 15 is 4.79 Å². The number of aliphatic hydroxyl groups excluding tert-OH is 1. The van der Waals surface area contributed by atoms with E-state index in [-0.39, 0.29) is 74.2 Å². The third kappa shape index (κ3) is 18.4. The summed E-state index contributed by atoms with van der Waals surface area (Å²) in [5, 5.41) is 53.8. The molecule has 2 heterocycles. The van der Waals surface area contributed by atoms with E-state index in [1.54, 1.807) is 61.7 Å². The number of nitrogens with one attached hydrogen (secondary N) is 9. The lowest BCUT2D eigenvalue weighted by Crippen LogP contribution is -2.61. The number of hydrogen-bond acceptors (Lipinski definition) is 17. The van der Waals surface area contributed by atoms with Crippen LogP contribution in [-0.4, -0.2) is 171 Å². The fourth-order valence-electron chi connectivity index (χ4n) is 12.0. The molecule has 2 aliphatic rings. The van der Waals surface area contributed by atoms with Crippen LogP contribution < -0.4 is 58.7 Å². The van der Waals surface area contributed by atoms with Gasteiger partial charge < -0.3 is 79.0 Å². The number of phenols is 2. The largest absolute Gasteiger partial charge is 0.508 e. The van der Waals surface area contributed by atoms with Crippen LogP contribution in [0.25, 0.3) is 22.0 Å². The molecule has 0 spiro atoms. The predicted molar refractivity (Wildman–Crippen MR) is 363 cm³/mol. The fraction of sp³-hybridized carbons (Fsp3) is 0.397. The Morgan fingerprint density at radius 1 is 0.632 bits per heavy atom. The highest BCUT2D eigenvalue weighted by molar-refractivity contribution is 7.80. The third-order valence-corrected chi connectivity index (χ3v) is 17.9. The molecule has 0 fully saturated rings. The molecule has 1 unspecified atom stereocenters. The van der Waals surface area contributed by atoms with E-state index in [2.05, 4.69) is 83.7 Å². The van der Waals surface area contributed by atoms with Gasteiger partial charge >= 0.3 is 0 Å². The molecule has 8 rings (SSSR count). The summed E-state index contributed by atoms with van der Waals surface area (Å²) in [5.41, 5.74) is 18.2. The van der Waals surface area contributed by atoms with E-state index < -0.39 is 108 Å². The number of fused-ring (bicyclic) bond motifs is 3. The van der Waals surface area contributed by atoms with Gasteiger partial charge in [-0.1, -0.05) is 91.9 Å². The highest BCUT2D eigenvalue weighted by Gasteiger charge is 2.39. The van der Waals surface area contributed by atoms with Gasteiger partial charge in [-0.25, -0.2) is 0 Å². The number of benzene rings is 5. The summed E-state index contributed by atoms with van der Waals surface area (Å²) in [6.45, 7) is 3.53. The molecule has 1 aromatic heterocycles. The fourth-order valence-corrected chi connectivity index (χ4v) is 12.5. The summed E-state index contributed by atoms with van der Waals surface area (Å²) in [4.78, 5) is 132. The van der Waals surface area contributed by atoms with Crippen molar-refractivity contribution in [3.63, 3.8) is 0 Å². The average molecular weight is 1340 g/mol. The number of aromatic hydroxyl groups is 2. The smallest absolute Gasteiger partial charge is 0.244 e. The normalized spacial score (nSPS) is 16.1. The van der Waals surface area contributed by atoms with Crippen molar-refractivity contribution >= 4 is 89.3 Å². The second kappa shape index (κ2) is 33.8. The average Bonchev–Trinajstić information content (AvgIpc) is 1.19. The van der Waals surface area contributed by atoms with Crippen LogP contribution in [0.15, 0.2) is 115 Å². The Balaban J connectivity index is 1.01. The van der Waals surface area contributed by atoms with E-state index in [1.807, 2.05) is 42.5 Å². The molecule has 0 saturated carbocycles. The zero-order valence-corrected chi connectivity index (χ0v) is 54.9. The zero-order valence-electron chi connectivity index (χ0n) is 53.1. The first-order chi connectivity index (χ1) is 45.6. The van der Waals surface area contributed by atoms with Gasteiger partial charge in [0.25, 0.3) is 0 Å². The van der Waals surface area contributed by atoms with Gasteiger partial charge in [-0.3, -0.25) is 48.1 Å². The van der Waals surface area contributed by atoms with Crippen molar-refractivity contribution in [1.82, 2.24) is 52.4 Å². The molecule has 27 heteroatoms. The summed E-state index contributed by atoms with van der Waals surface area (Å²) in [6.07, 6.45) is 1.93. The first-order valence-electron chi connectivity index (χ1n) is 31.6. The molecular formula is C68H84N12O13S2. The maximum absolute atomic E-state index is 15.1. The highest BCUT2D eigenvalue weighted by atomic mass is 32.1. The molecule has 6 aromatic rings. The van der Waals surface area contributed by atoms with Crippen LogP contribution in [0.2, 0.25) is 0 Å². The van der Waals surface area contributed by atoms with Gasteiger partial charge in [-0.2, -0.15) is 25.3 Å². The monoisotopic (exact) mass is 1340 g/mol. The number of hydrogen-bond donors (Lipinski definition) is 16. The number of thiol groups is 2. The minimum Gasteiger partial charge on any atom is -0.508 e. The number of carbonyl (C=O) groups is 9. The molecular weight excluding hydrogens is 1260 g/mol. The number of primary amides is 1. The van der Waals surface area contributed by atoms with Gasteiger partial charge in [0.05, 0.1) is 19.8 Å². The molecule has 1 aliphatic heterocycles. The maximum atomic E-state index is 15.1. The number of rotatable bonds is 33. The van der Waals surface area contributed by atoms with Crippen LogP contribution in [-0.2, 0) is 75.3 Å². The van der Waals surface area contributed by atoms with Crippen LogP contribution in [0.3, 0.4) is 0 Å². The molecule has 0 bridgehead atoms. The number of nitrogens with two attached hydrogens (primary N) is 2. The number of amides is 9. The summed E-state index contributed by atoms with van der Waals surface area (Å²) in [7, 11) is 1.50. The molecule has 25 nitrogen and oxygen atoms in total. The first kappa shape index (κ1) is 71.7. The highest BCUT2D eigenvalue weighted by Crippen LogP contribution is 2.50. The molecule has 0 radical (unpaired) electrons. The molecule has 16 N–H and O–H groups in total. The Hall–Kier alpha value is -9.15. The number of ether oxygens (including phenoxy) is 1. The Bertz CT molecular complexity index is 3730. The van der Waals surface area contributed by atoms with E-state index in [9.17, 15) is 53.7 Å². The summed E-state index contributed by atoms with van der Waals surface area (Å²) in [6, 6.07) is 20.6. The Labute approximate surface area is 561 Å². The van der Waals surface area contributed by atoms with Gasteiger partial charge in [0.2, 0.25) is 53.2 Å². The summed E-state index contributed by atoms with van der Waals surface area (Å²) in [5.74, 6) is -7.42. The van der Waals surface area contributed by atoms with Crippen LogP contribution in [0, 0.1) is 0 Å². The Morgan fingerprint density at radius 2 is 1.19 bits per heavy atom. The number of methoxy groups -OCH3 is 1. The van der Waals surface area contributed by atoms with Crippen LogP contribution in [0.5, 0.6) is 17.2 Å². The van der Waals surface area contributed by atoms with Crippen LogP contribution in [0.1, 0.15) is 79.0 Å². The number of aromatic nitrogens is 1. The van der Waals surface area contributed by atoms with Crippen molar-refractivity contribution in [3.8, 4) is 28.4 Å². The van der Waals surface area contributed by atoms with Crippen molar-refractivity contribution in [1.29, 1.82) is 0 Å². The second-order valence-electron chi connectivity index (χ2n) is 23.8. The van der Waals surface area contributed by atoms with E-state index in [1.165, 1.54) is 26.2 Å². The summed E-state index contributed by atoms with van der Waals surface area (Å²) < 4.78 is 5.45. The third-order valence-electron chi connectivity index (χ3n) is 17.1. The van der Waals surface area contributed by atoms with Gasteiger partial charge in [-0.05, 0) is 115 Å². The molecule has 1 aliphatic carbocycles. The molecule has 5 aromatic carbocycles. The number of aliphatic hydroxyl groups is 1. The topological polar surface area (TPSA) is 391 Å². The Kier molecular flexibility index (Phi) is 25.5. The van der Waals surface area contributed by atoms with Crippen LogP contribution in [0.4, 0.5) is 0 Å². The number of H-pyrrole nitrogens is 1. The van der Waals surface area contributed by atoms with Crippen molar-refractivity contribution in [2.24, 2.45) is 11.5 Å². The number of unbranched alkanes of at least 4 members (excludes halogenated alkanes) is 1. The van der Waals surface area contributed by atoms with E-state index in [0.29, 0.717) is 60.2 Å². The van der Waals surface area contributed by atoms with Crippen molar-refractivity contribution in [2.45, 2.75) is 132 Å². The van der Waals surface area contributed by atoms with E-state index in [4.69, 9.17) is 16.2 Å². The quantitative estimate of drug-likeness (QED) is 0.0206. The van der Waals surface area contributed by atoms with Gasteiger partial charge in [-0.15, -0.1) is 0 Å². The lowest BCUT2D eigenvalue weighted by Gasteiger charge is -2.41. The van der Waals surface area contributed by atoms with Crippen molar-refractivity contribution in [3.05, 3.63) is 149 Å². The maximum Gasteiger partial charge on any atom is 0.244 e. The molecule has 10 atom stereocenters. The second-order valence-corrected chi connectivity index (χ2v) is 24.5. The number of para-hydroxylation sites is 1. The lowest BCUT2D eigenvalue weighted by atomic mass is 9.76. The first-order valence-corrected chi connectivity index (χ1v) is 32.8. The molecule has 95 heavy (non-hydrogen) atoms. The predicted octanol–water partition coefficient (Wildman–Crippen LogP) is 1.58. The standard InChI is InChI=1S/C68H84N12O13S2/c1-4-46(62(86)77-53(36-95)68(92)79-59(37(2)81)61(70)85)73-63(87)48(19-10-11-27-69)74-66(90)51(31-42-33-71-47-18-9-8-16-44(42)47)76-65(89)50(30-39-20-23-43(82)24-21-39)75-67(91)52(35-94)78-64(88)49(29-38-13-6-5-7-14-38)72-56(83)34-80-28-26-40-15-12-17-45-57(40)54(80)32-41-22-25-55(93-3)60(84)58(41)45/h5-9,12-18,20-25,33,37,46,48-54,59,71,81-82,84,94-95H,4,10-11,19,26-32,34-36,69H2,1-3H3,(H2,70,85)(H,72,83)(H,73,87)(H,74,90)(H,75,91)(H,76,89)(H,77,86)(H,78,88)(H,79,92)/t37-,46+,48+,49-,50+,51-,52+,53+,54?,59+/m1/s1. The minimum atomic E-state index is -1.48. The number of phenolic OH excluding ortho intramolecular Hbond substituents is 2. The van der Waals surface area contributed by atoms with E-state index in [0.717, 1.165) is 33.2 Å². The number of aromatic amines is 1. The zero-order chi connectivity index (χ0) is 68.5. The minimum absolute atomic E-state index is 0.00741. The summed E-state index contributed by atoms with van der Waals surface area (Å²) >= 11 is 8.67. The van der Waals surface area contributed by atoms with Gasteiger partial charge in [0, 0.05) is 66.0 Å². The lowest BCUT2D eigenvalue weighted by molar-refractivity contribution is -0.136. The molecule has 0 saturated heterocycles. The van der Waals surface area contributed by atoms with Gasteiger partial charge in [0.15, 0.2) is 11.5 Å². The van der Waals surface area contributed by atoms with Crippen molar-refractivity contribution < 1.29 is 63.2 Å².